The maximum absolute atomic E-state index is 14.4. The van der Waals surface area contributed by atoms with Crippen molar-refractivity contribution >= 4 is 17.4 Å². The van der Waals surface area contributed by atoms with Crippen molar-refractivity contribution in [3.05, 3.63) is 95.1 Å². The largest absolute Gasteiger partial charge is 0.507 e. The van der Waals surface area contributed by atoms with E-state index in [9.17, 15) is 19.1 Å². The first-order valence-electron chi connectivity index (χ1n) is 11.7. The number of carbonyl (C=O) groups excluding carboxylic acids is 2. The Morgan fingerprint density at radius 1 is 1.08 bits per heavy atom. The Balaban J connectivity index is 1.78. The minimum Gasteiger partial charge on any atom is -0.507 e. The van der Waals surface area contributed by atoms with Crippen LogP contribution in [0.15, 0.2) is 72.6 Å². The molecule has 2 heterocycles. The number of rotatable bonds is 9. The summed E-state index contributed by atoms with van der Waals surface area (Å²) in [4.78, 5) is 31.7. The van der Waals surface area contributed by atoms with Crippen LogP contribution in [0.2, 0.25) is 0 Å². The summed E-state index contributed by atoms with van der Waals surface area (Å²) in [6.07, 6.45) is 5.13. The quantitative estimate of drug-likeness (QED) is 0.196. The van der Waals surface area contributed by atoms with Gasteiger partial charge >= 0.3 is 0 Å². The number of pyridine rings is 1. The van der Waals surface area contributed by atoms with Gasteiger partial charge in [-0.25, -0.2) is 4.39 Å². The molecule has 0 radical (unpaired) electrons. The second-order valence-electron chi connectivity index (χ2n) is 8.40. The lowest BCUT2D eigenvalue weighted by atomic mass is 9.95. The van der Waals surface area contributed by atoms with Gasteiger partial charge in [-0.1, -0.05) is 25.5 Å². The second kappa shape index (κ2) is 11.0. The molecule has 1 N–H and O–H groups in total. The molecule has 1 fully saturated rings. The molecule has 1 saturated heterocycles. The minimum atomic E-state index is -0.881. The summed E-state index contributed by atoms with van der Waals surface area (Å²) in [5.74, 6) is -2.09. The monoisotopic (exact) mass is 490 g/mol. The van der Waals surface area contributed by atoms with Crippen LogP contribution in [0.25, 0.3) is 5.76 Å². The fourth-order valence-corrected chi connectivity index (χ4v) is 4.12. The molecule has 0 bridgehead atoms. The number of methoxy groups -OCH3 is 1. The number of aromatic nitrogens is 1. The summed E-state index contributed by atoms with van der Waals surface area (Å²) in [6.45, 7) is 2.78. The number of nitrogens with zero attached hydrogens (tertiary/aromatic N) is 2. The van der Waals surface area contributed by atoms with Gasteiger partial charge in [-0.15, -0.1) is 0 Å². The van der Waals surface area contributed by atoms with Gasteiger partial charge in [-0.05, 0) is 60.0 Å². The van der Waals surface area contributed by atoms with Crippen molar-refractivity contribution in [1.29, 1.82) is 0 Å². The highest BCUT2D eigenvalue weighted by molar-refractivity contribution is 6.46. The first kappa shape index (κ1) is 24.9. The molecule has 0 unspecified atom stereocenters. The fourth-order valence-electron chi connectivity index (χ4n) is 4.12. The number of aliphatic hydroxyl groups excluding tert-OH is 1. The van der Waals surface area contributed by atoms with Crippen LogP contribution in [-0.2, 0) is 16.1 Å². The van der Waals surface area contributed by atoms with Crippen LogP contribution >= 0.6 is 0 Å². The Morgan fingerprint density at radius 2 is 1.81 bits per heavy atom. The van der Waals surface area contributed by atoms with Gasteiger partial charge in [-0.2, -0.15) is 0 Å². The lowest BCUT2D eigenvalue weighted by molar-refractivity contribution is -0.140. The van der Waals surface area contributed by atoms with Gasteiger partial charge in [0.1, 0.15) is 11.5 Å². The highest BCUT2D eigenvalue weighted by Gasteiger charge is 2.46. The zero-order valence-electron chi connectivity index (χ0n) is 20.1. The standard InChI is InChI=1S/C28H27FN2O5/c1-3-4-15-36-21-8-5-19(6-9-21)25-24(26(32)20-7-10-23(35-2)22(29)16-20)27(33)28(34)31(25)17-18-11-13-30-14-12-18/h5-14,16,25,32H,3-4,15,17H2,1-2H3/t25-/m0/s1. The molecule has 4 rings (SSSR count). The van der Waals surface area contributed by atoms with Crippen LogP contribution < -0.4 is 9.47 Å². The molecule has 0 spiro atoms. The maximum Gasteiger partial charge on any atom is 0.295 e. The smallest absolute Gasteiger partial charge is 0.295 e. The Kier molecular flexibility index (Phi) is 7.63. The predicted octanol–water partition coefficient (Wildman–Crippen LogP) is 5.03. The summed E-state index contributed by atoms with van der Waals surface area (Å²) < 4.78 is 25.1. The zero-order valence-corrected chi connectivity index (χ0v) is 20.1. The van der Waals surface area contributed by atoms with Gasteiger partial charge in [0.05, 0.1) is 25.3 Å². The van der Waals surface area contributed by atoms with E-state index in [0.29, 0.717) is 17.9 Å². The summed E-state index contributed by atoms with van der Waals surface area (Å²) in [5.41, 5.74) is 1.34. The van der Waals surface area contributed by atoms with E-state index in [1.165, 1.54) is 24.1 Å². The van der Waals surface area contributed by atoms with Crippen molar-refractivity contribution in [2.45, 2.75) is 32.4 Å². The van der Waals surface area contributed by atoms with Crippen molar-refractivity contribution in [1.82, 2.24) is 9.88 Å². The lowest BCUT2D eigenvalue weighted by Crippen LogP contribution is -2.29. The van der Waals surface area contributed by atoms with Crippen molar-refractivity contribution in [3.63, 3.8) is 0 Å². The molecule has 7 nitrogen and oxygen atoms in total. The van der Waals surface area contributed by atoms with Gasteiger partial charge in [-0.3, -0.25) is 14.6 Å². The summed E-state index contributed by atoms with van der Waals surface area (Å²) in [7, 11) is 1.33. The number of amides is 1. The molecule has 1 atom stereocenters. The molecule has 186 valence electrons. The van der Waals surface area contributed by atoms with Gasteiger partial charge in [0, 0.05) is 24.5 Å². The molecular formula is C28H27FN2O5. The van der Waals surface area contributed by atoms with Gasteiger partial charge in [0.15, 0.2) is 11.6 Å². The van der Waals surface area contributed by atoms with E-state index in [-0.39, 0.29) is 23.4 Å². The van der Waals surface area contributed by atoms with E-state index in [1.54, 1.807) is 48.8 Å². The Morgan fingerprint density at radius 3 is 2.44 bits per heavy atom. The number of unbranched alkanes of at least 4 members (excludes halogenated alkanes) is 1. The average Bonchev–Trinajstić information content (AvgIpc) is 3.14. The predicted molar refractivity (Wildman–Crippen MR) is 132 cm³/mol. The molecule has 1 amide bonds. The summed E-state index contributed by atoms with van der Waals surface area (Å²) in [5, 5.41) is 11.1. The molecule has 0 aliphatic carbocycles. The Labute approximate surface area is 208 Å². The number of hydrogen-bond donors (Lipinski definition) is 1. The van der Waals surface area contributed by atoms with Crippen molar-refractivity contribution < 1.29 is 28.6 Å². The van der Waals surface area contributed by atoms with Crippen LogP contribution in [0.1, 0.15) is 42.5 Å². The number of likely N-dealkylation sites (tertiary alicyclic amines) is 1. The number of ketones is 1. The van der Waals surface area contributed by atoms with Crippen LogP contribution in [0.5, 0.6) is 11.5 Å². The lowest BCUT2D eigenvalue weighted by Gasteiger charge is -2.25. The number of ether oxygens (including phenoxy) is 2. The van der Waals surface area contributed by atoms with Crippen LogP contribution in [0, 0.1) is 5.82 Å². The average molecular weight is 491 g/mol. The van der Waals surface area contributed by atoms with E-state index in [4.69, 9.17) is 9.47 Å². The molecule has 8 heteroatoms. The van der Waals surface area contributed by atoms with Gasteiger partial charge in [0.25, 0.3) is 11.7 Å². The van der Waals surface area contributed by atoms with Crippen molar-refractivity contribution in [2.75, 3.05) is 13.7 Å². The third-order valence-electron chi connectivity index (χ3n) is 6.03. The number of benzene rings is 2. The summed E-state index contributed by atoms with van der Waals surface area (Å²) in [6, 6.07) is 13.6. The molecule has 3 aromatic rings. The van der Waals surface area contributed by atoms with Crippen LogP contribution in [0.4, 0.5) is 4.39 Å². The third kappa shape index (κ3) is 5.07. The number of Topliss-reactive ketones (excluding diaryl/α,β-unsaturated/α-hetero) is 1. The first-order valence-corrected chi connectivity index (χ1v) is 11.7. The molecule has 36 heavy (non-hydrogen) atoms. The molecule has 1 aliphatic rings. The number of hydrogen-bond acceptors (Lipinski definition) is 6. The number of carbonyl (C=O) groups is 2. The fraction of sp³-hybridized carbons (Fsp3) is 0.250. The van der Waals surface area contributed by atoms with Gasteiger partial charge in [0.2, 0.25) is 0 Å². The molecule has 2 aromatic carbocycles. The number of halogens is 1. The highest BCUT2D eigenvalue weighted by Crippen LogP contribution is 2.41. The first-order chi connectivity index (χ1) is 17.4. The molecule has 1 aliphatic heterocycles. The normalized spacial score (nSPS) is 16.9. The highest BCUT2D eigenvalue weighted by atomic mass is 19.1. The minimum absolute atomic E-state index is 0.0000924. The van der Waals surface area contributed by atoms with Crippen molar-refractivity contribution in [3.8, 4) is 11.5 Å². The molecular weight excluding hydrogens is 463 g/mol. The maximum atomic E-state index is 14.4. The SMILES string of the molecule is CCCCOc1ccc([C@H]2C(=C(O)c3ccc(OC)c(F)c3)C(=O)C(=O)N2Cc2ccncc2)cc1. The van der Waals surface area contributed by atoms with E-state index >= 15 is 0 Å². The van der Waals surface area contributed by atoms with Gasteiger partial charge < -0.3 is 19.5 Å². The van der Waals surface area contributed by atoms with E-state index in [1.807, 2.05) is 0 Å². The van der Waals surface area contributed by atoms with Crippen LogP contribution in [0.3, 0.4) is 0 Å². The van der Waals surface area contributed by atoms with Crippen LogP contribution in [-0.4, -0.2) is 40.4 Å². The van der Waals surface area contributed by atoms with E-state index in [2.05, 4.69) is 11.9 Å². The van der Waals surface area contributed by atoms with E-state index in [0.717, 1.165) is 24.5 Å². The molecule has 0 saturated carbocycles. The topological polar surface area (TPSA) is 89.0 Å². The molecule has 1 aromatic heterocycles. The second-order valence-corrected chi connectivity index (χ2v) is 8.40. The summed E-state index contributed by atoms with van der Waals surface area (Å²) >= 11 is 0. The Hall–Kier alpha value is -4.20. The zero-order chi connectivity index (χ0) is 25.7. The Bertz CT molecular complexity index is 1270. The third-order valence-corrected chi connectivity index (χ3v) is 6.03. The van der Waals surface area contributed by atoms with Crippen molar-refractivity contribution in [2.24, 2.45) is 0 Å². The van der Waals surface area contributed by atoms with E-state index < -0.39 is 29.3 Å². The number of aliphatic hydroxyl groups is 1.